The third-order valence-electron chi connectivity index (χ3n) is 3.28. The smallest absolute Gasteiger partial charge is 0.303 e. The van der Waals surface area contributed by atoms with Crippen LogP contribution in [0, 0.1) is 6.92 Å². The van der Waals surface area contributed by atoms with Gasteiger partial charge in [0.05, 0.1) is 6.54 Å². The Hall–Kier alpha value is -2.40. The monoisotopic (exact) mass is 298 g/mol. The minimum atomic E-state index is -0.373. The van der Waals surface area contributed by atoms with Crippen molar-refractivity contribution in [1.82, 2.24) is 10.2 Å². The highest BCUT2D eigenvalue weighted by atomic mass is 32.1. The van der Waals surface area contributed by atoms with Crippen LogP contribution in [-0.4, -0.2) is 16.8 Å². The highest BCUT2D eigenvalue weighted by molar-refractivity contribution is 7.08. The van der Waals surface area contributed by atoms with Gasteiger partial charge < -0.3 is 5.32 Å². The number of rotatable bonds is 3. The summed E-state index contributed by atoms with van der Waals surface area (Å²) in [6.07, 6.45) is 1.70. The molecular weight excluding hydrogens is 284 g/mol. The predicted octanol–water partition coefficient (Wildman–Crippen LogP) is 3.15. The number of benzene rings is 1. The van der Waals surface area contributed by atoms with Crippen molar-refractivity contribution in [2.24, 2.45) is 0 Å². The molecule has 1 aliphatic heterocycles. The van der Waals surface area contributed by atoms with E-state index in [0.717, 1.165) is 16.7 Å². The van der Waals surface area contributed by atoms with Crippen LogP contribution in [0.1, 0.15) is 16.7 Å². The number of hydrogen-bond acceptors (Lipinski definition) is 3. The summed E-state index contributed by atoms with van der Waals surface area (Å²) in [7, 11) is 0. The Balaban J connectivity index is 1.79. The van der Waals surface area contributed by atoms with Crippen molar-refractivity contribution in [3.63, 3.8) is 0 Å². The first-order valence-corrected chi connectivity index (χ1v) is 7.50. The fourth-order valence-electron chi connectivity index (χ4n) is 2.12. The van der Waals surface area contributed by atoms with Crippen LogP contribution in [0.25, 0.3) is 6.08 Å². The third kappa shape index (κ3) is 2.87. The Bertz CT molecular complexity index is 702. The molecule has 2 aromatic rings. The van der Waals surface area contributed by atoms with Gasteiger partial charge in [-0.3, -0.25) is 9.69 Å². The van der Waals surface area contributed by atoms with E-state index in [0.29, 0.717) is 5.70 Å². The van der Waals surface area contributed by atoms with Gasteiger partial charge in [-0.15, -0.1) is 0 Å². The minimum absolute atomic E-state index is 0.284. The molecule has 2 heterocycles. The molecular formula is C16H14N2O2S. The van der Waals surface area contributed by atoms with Crippen molar-refractivity contribution in [2.75, 3.05) is 0 Å². The van der Waals surface area contributed by atoms with Gasteiger partial charge in [0.25, 0.3) is 5.91 Å². The number of imide groups is 1. The number of hydrogen-bond donors (Lipinski definition) is 1. The average Bonchev–Trinajstić information content (AvgIpc) is 3.06. The van der Waals surface area contributed by atoms with E-state index in [9.17, 15) is 9.59 Å². The lowest BCUT2D eigenvalue weighted by Crippen LogP contribution is -2.30. The number of nitrogens with one attached hydrogen (secondary N) is 1. The summed E-state index contributed by atoms with van der Waals surface area (Å²) >= 11 is 1.55. The molecule has 3 amide bonds. The number of nitrogens with zero attached hydrogens (tertiary/aromatic N) is 1. The quantitative estimate of drug-likeness (QED) is 0.699. The van der Waals surface area contributed by atoms with Crippen LogP contribution in [0.3, 0.4) is 0 Å². The van der Waals surface area contributed by atoms with Gasteiger partial charge in [0.1, 0.15) is 5.70 Å². The molecule has 21 heavy (non-hydrogen) atoms. The van der Waals surface area contributed by atoms with Crippen LogP contribution in [-0.2, 0) is 11.3 Å². The maximum absolute atomic E-state index is 12.3. The molecule has 0 saturated carbocycles. The Morgan fingerprint density at radius 2 is 1.95 bits per heavy atom. The van der Waals surface area contributed by atoms with Gasteiger partial charge in [-0.2, -0.15) is 11.3 Å². The summed E-state index contributed by atoms with van der Waals surface area (Å²) in [6.45, 7) is 2.28. The van der Waals surface area contributed by atoms with E-state index in [2.05, 4.69) is 5.32 Å². The van der Waals surface area contributed by atoms with E-state index in [1.165, 1.54) is 4.90 Å². The SMILES string of the molecule is Cc1ccc(CN2C(=O)N/C(=C\c3ccsc3)C2=O)cc1. The Morgan fingerprint density at radius 1 is 1.19 bits per heavy atom. The maximum atomic E-state index is 12.3. The van der Waals surface area contributed by atoms with Crippen LogP contribution in [0.4, 0.5) is 4.79 Å². The highest BCUT2D eigenvalue weighted by Crippen LogP contribution is 2.18. The van der Waals surface area contributed by atoms with Crippen molar-refractivity contribution in [2.45, 2.75) is 13.5 Å². The van der Waals surface area contributed by atoms with Crippen LogP contribution < -0.4 is 5.32 Å². The van der Waals surface area contributed by atoms with Crippen molar-refractivity contribution in [3.8, 4) is 0 Å². The second-order valence-electron chi connectivity index (χ2n) is 4.92. The zero-order valence-electron chi connectivity index (χ0n) is 11.5. The largest absolute Gasteiger partial charge is 0.329 e. The summed E-state index contributed by atoms with van der Waals surface area (Å²) < 4.78 is 0. The van der Waals surface area contributed by atoms with E-state index in [1.807, 2.05) is 48.0 Å². The fourth-order valence-corrected chi connectivity index (χ4v) is 2.73. The van der Waals surface area contributed by atoms with Crippen LogP contribution in [0.5, 0.6) is 0 Å². The summed E-state index contributed by atoms with van der Waals surface area (Å²) in [5.41, 5.74) is 3.32. The lowest BCUT2D eigenvalue weighted by Gasteiger charge is -2.11. The first-order valence-electron chi connectivity index (χ1n) is 6.56. The maximum Gasteiger partial charge on any atom is 0.329 e. The molecule has 1 N–H and O–H groups in total. The first kappa shape index (κ1) is 13.6. The molecule has 3 rings (SSSR count). The summed E-state index contributed by atoms with van der Waals surface area (Å²) in [5.74, 6) is -0.285. The Labute approximate surface area is 126 Å². The van der Waals surface area contributed by atoms with E-state index in [-0.39, 0.29) is 18.5 Å². The van der Waals surface area contributed by atoms with Crippen LogP contribution >= 0.6 is 11.3 Å². The normalized spacial score (nSPS) is 16.6. The van der Waals surface area contributed by atoms with Gasteiger partial charge in [0.15, 0.2) is 0 Å². The third-order valence-corrected chi connectivity index (χ3v) is 3.98. The summed E-state index contributed by atoms with van der Waals surface area (Å²) in [5, 5.41) is 6.48. The molecule has 0 unspecified atom stereocenters. The molecule has 0 aliphatic carbocycles. The van der Waals surface area contributed by atoms with E-state index >= 15 is 0 Å². The topological polar surface area (TPSA) is 49.4 Å². The molecule has 1 saturated heterocycles. The fraction of sp³-hybridized carbons (Fsp3) is 0.125. The number of carbonyl (C=O) groups is 2. The van der Waals surface area contributed by atoms with Crippen molar-refractivity contribution >= 4 is 29.4 Å². The van der Waals surface area contributed by atoms with Gasteiger partial charge in [-0.05, 0) is 41.0 Å². The summed E-state index contributed by atoms with van der Waals surface area (Å²) in [4.78, 5) is 25.5. The van der Waals surface area contributed by atoms with Crippen LogP contribution in [0.2, 0.25) is 0 Å². The number of urea groups is 1. The molecule has 0 radical (unpaired) electrons. The molecule has 1 aromatic heterocycles. The number of carbonyl (C=O) groups excluding carboxylic acids is 2. The lowest BCUT2D eigenvalue weighted by atomic mass is 10.1. The molecule has 106 valence electrons. The lowest BCUT2D eigenvalue weighted by molar-refractivity contribution is -0.123. The van der Waals surface area contributed by atoms with Gasteiger partial charge in [-0.1, -0.05) is 29.8 Å². The minimum Gasteiger partial charge on any atom is -0.303 e. The van der Waals surface area contributed by atoms with Crippen molar-refractivity contribution in [3.05, 3.63) is 63.5 Å². The summed E-state index contributed by atoms with van der Waals surface area (Å²) in [6, 6.07) is 9.32. The van der Waals surface area contributed by atoms with Crippen LogP contribution in [0.15, 0.2) is 46.8 Å². The first-order chi connectivity index (χ1) is 10.1. The van der Waals surface area contributed by atoms with E-state index < -0.39 is 0 Å². The van der Waals surface area contributed by atoms with Gasteiger partial charge >= 0.3 is 6.03 Å². The Kier molecular flexibility index (Phi) is 3.58. The van der Waals surface area contributed by atoms with Gasteiger partial charge in [0.2, 0.25) is 0 Å². The molecule has 4 nitrogen and oxygen atoms in total. The second kappa shape index (κ2) is 5.54. The van der Waals surface area contributed by atoms with Crippen molar-refractivity contribution in [1.29, 1.82) is 0 Å². The molecule has 0 bridgehead atoms. The molecule has 5 heteroatoms. The van der Waals surface area contributed by atoms with Gasteiger partial charge in [-0.25, -0.2) is 4.79 Å². The molecule has 0 spiro atoms. The zero-order valence-corrected chi connectivity index (χ0v) is 12.3. The van der Waals surface area contributed by atoms with Gasteiger partial charge in [0, 0.05) is 0 Å². The second-order valence-corrected chi connectivity index (χ2v) is 5.70. The standard InChI is InChI=1S/C16H14N2O2S/c1-11-2-4-12(5-3-11)9-18-15(19)14(17-16(18)20)8-13-6-7-21-10-13/h2-8,10H,9H2,1H3,(H,17,20)/b14-8-. The number of thiophene rings is 1. The zero-order chi connectivity index (χ0) is 14.8. The number of aryl methyl sites for hydroxylation is 1. The molecule has 0 atom stereocenters. The van der Waals surface area contributed by atoms with E-state index in [1.54, 1.807) is 17.4 Å². The van der Waals surface area contributed by atoms with E-state index in [4.69, 9.17) is 0 Å². The molecule has 1 aliphatic rings. The molecule has 1 aromatic carbocycles. The predicted molar refractivity (Wildman–Crippen MR) is 82.6 cm³/mol. The number of amides is 3. The highest BCUT2D eigenvalue weighted by Gasteiger charge is 2.33. The van der Waals surface area contributed by atoms with Crippen molar-refractivity contribution < 1.29 is 9.59 Å². The average molecular weight is 298 g/mol. The molecule has 1 fully saturated rings. The Morgan fingerprint density at radius 3 is 2.62 bits per heavy atom.